The fourth-order valence-electron chi connectivity index (χ4n) is 3.98. The first-order valence-corrected chi connectivity index (χ1v) is 11.0. The number of para-hydroxylation sites is 3. The highest BCUT2D eigenvalue weighted by atomic mass is 16.5. The highest BCUT2D eigenvalue weighted by molar-refractivity contribution is 6.04. The molecule has 1 saturated heterocycles. The summed E-state index contributed by atoms with van der Waals surface area (Å²) in [6.45, 7) is 2.18. The highest BCUT2D eigenvalue weighted by Crippen LogP contribution is 2.27. The normalized spacial score (nSPS) is 15.9. The van der Waals surface area contributed by atoms with Crippen molar-refractivity contribution in [2.75, 3.05) is 26.9 Å². The maximum Gasteiger partial charge on any atom is 0.262 e. The molecule has 0 saturated carbocycles. The van der Waals surface area contributed by atoms with Crippen LogP contribution in [0.2, 0.25) is 0 Å². The number of carbonyl (C=O) groups excluding carboxylic acids is 1. The smallest absolute Gasteiger partial charge is 0.262 e. The largest absolute Gasteiger partial charge is 0.493 e. The number of nitriles is 1. The standard InChI is InChI=1S/C26H27N3O4/c1-31-24-10-4-5-11-25(24)33-14-12-29-18-20(22-8-2-3-9-23(22)29)15-19(16-27)26(30)28-17-21-7-6-13-32-21/h2-5,8-11,15,18,21H,6-7,12-14,17H2,1H3,(H,28,30)/b19-15+/t21-/m0/s1. The van der Waals surface area contributed by atoms with Crippen LogP contribution in [-0.4, -0.2) is 43.4 Å². The van der Waals surface area contributed by atoms with Gasteiger partial charge in [-0.15, -0.1) is 0 Å². The molecule has 1 atom stereocenters. The summed E-state index contributed by atoms with van der Waals surface area (Å²) in [4.78, 5) is 12.6. The Morgan fingerprint density at radius 2 is 2.03 bits per heavy atom. The fraction of sp³-hybridized carbons (Fsp3) is 0.308. The first-order chi connectivity index (χ1) is 16.2. The third-order valence-corrected chi connectivity index (χ3v) is 5.66. The van der Waals surface area contributed by atoms with Crippen molar-refractivity contribution in [2.45, 2.75) is 25.5 Å². The van der Waals surface area contributed by atoms with Gasteiger partial charge in [-0.1, -0.05) is 30.3 Å². The van der Waals surface area contributed by atoms with E-state index in [1.54, 1.807) is 13.2 Å². The van der Waals surface area contributed by atoms with Crippen molar-refractivity contribution in [3.8, 4) is 17.6 Å². The van der Waals surface area contributed by atoms with Gasteiger partial charge in [-0.05, 0) is 37.1 Å². The lowest BCUT2D eigenvalue weighted by Crippen LogP contribution is -2.32. The van der Waals surface area contributed by atoms with Gasteiger partial charge in [0.15, 0.2) is 11.5 Å². The lowest BCUT2D eigenvalue weighted by Gasteiger charge is -2.11. The number of hydrogen-bond acceptors (Lipinski definition) is 5. The monoisotopic (exact) mass is 445 g/mol. The molecule has 7 nitrogen and oxygen atoms in total. The van der Waals surface area contributed by atoms with Crippen LogP contribution in [0, 0.1) is 11.3 Å². The van der Waals surface area contributed by atoms with Crippen molar-refractivity contribution < 1.29 is 19.0 Å². The predicted molar refractivity (Wildman–Crippen MR) is 126 cm³/mol. The van der Waals surface area contributed by atoms with Crippen LogP contribution >= 0.6 is 0 Å². The van der Waals surface area contributed by atoms with Crippen LogP contribution < -0.4 is 14.8 Å². The Labute approximate surface area is 193 Å². The van der Waals surface area contributed by atoms with E-state index in [4.69, 9.17) is 14.2 Å². The van der Waals surface area contributed by atoms with Gasteiger partial charge < -0.3 is 24.1 Å². The summed E-state index contributed by atoms with van der Waals surface area (Å²) in [5.41, 5.74) is 1.89. The molecule has 3 aromatic rings. The lowest BCUT2D eigenvalue weighted by atomic mass is 10.1. The first-order valence-electron chi connectivity index (χ1n) is 11.0. The van der Waals surface area contributed by atoms with Gasteiger partial charge in [0, 0.05) is 35.8 Å². The number of benzene rings is 2. The van der Waals surface area contributed by atoms with Crippen molar-refractivity contribution >= 4 is 22.9 Å². The maximum atomic E-state index is 12.6. The third kappa shape index (κ3) is 5.36. The van der Waals surface area contributed by atoms with E-state index in [-0.39, 0.29) is 17.6 Å². The number of ether oxygens (including phenoxy) is 3. The Bertz CT molecular complexity index is 1190. The topological polar surface area (TPSA) is 85.5 Å². The number of amides is 1. The van der Waals surface area contributed by atoms with Crippen molar-refractivity contribution in [1.29, 1.82) is 5.26 Å². The molecule has 1 N–H and O–H groups in total. The quantitative estimate of drug-likeness (QED) is 0.398. The summed E-state index contributed by atoms with van der Waals surface area (Å²) in [6.07, 6.45) is 5.54. The molecule has 1 amide bonds. The summed E-state index contributed by atoms with van der Waals surface area (Å²) in [6, 6.07) is 17.5. The first kappa shape index (κ1) is 22.4. The van der Waals surface area contributed by atoms with Gasteiger partial charge in [0.2, 0.25) is 0 Å². The Balaban J connectivity index is 1.49. The van der Waals surface area contributed by atoms with Gasteiger partial charge in [-0.25, -0.2) is 0 Å². The molecule has 1 aromatic heterocycles. The molecular weight excluding hydrogens is 418 g/mol. The van der Waals surface area contributed by atoms with E-state index in [1.165, 1.54) is 0 Å². The van der Waals surface area contributed by atoms with E-state index in [2.05, 4.69) is 9.88 Å². The van der Waals surface area contributed by atoms with Crippen LogP contribution in [0.25, 0.3) is 17.0 Å². The molecule has 0 unspecified atom stereocenters. The molecule has 1 fully saturated rings. The van der Waals surface area contributed by atoms with E-state index in [9.17, 15) is 10.1 Å². The van der Waals surface area contributed by atoms with Crippen molar-refractivity contribution in [3.05, 3.63) is 65.9 Å². The zero-order chi connectivity index (χ0) is 23.0. The molecule has 1 aliphatic rings. The number of aromatic nitrogens is 1. The van der Waals surface area contributed by atoms with Gasteiger partial charge >= 0.3 is 0 Å². The van der Waals surface area contributed by atoms with Crippen LogP contribution in [0.4, 0.5) is 0 Å². The maximum absolute atomic E-state index is 12.6. The minimum atomic E-state index is -0.385. The number of nitrogens with zero attached hydrogens (tertiary/aromatic N) is 2. The van der Waals surface area contributed by atoms with Crippen molar-refractivity contribution in [2.24, 2.45) is 0 Å². The second kappa shape index (κ2) is 10.7. The number of nitrogens with one attached hydrogen (secondary N) is 1. The number of methoxy groups -OCH3 is 1. The van der Waals surface area contributed by atoms with Gasteiger partial charge in [0.05, 0.1) is 19.8 Å². The predicted octanol–water partition coefficient (Wildman–Crippen LogP) is 3.93. The van der Waals surface area contributed by atoms with E-state index < -0.39 is 0 Å². The van der Waals surface area contributed by atoms with Gasteiger partial charge in [-0.3, -0.25) is 4.79 Å². The fourth-order valence-corrected chi connectivity index (χ4v) is 3.98. The average molecular weight is 446 g/mol. The van der Waals surface area contributed by atoms with Crippen LogP contribution in [0.15, 0.2) is 60.3 Å². The van der Waals surface area contributed by atoms with E-state index in [0.29, 0.717) is 31.2 Å². The molecule has 33 heavy (non-hydrogen) atoms. The van der Waals surface area contributed by atoms with E-state index in [0.717, 1.165) is 35.9 Å². The zero-order valence-electron chi connectivity index (χ0n) is 18.6. The molecule has 2 aromatic carbocycles. The Kier molecular flexibility index (Phi) is 7.28. The summed E-state index contributed by atoms with van der Waals surface area (Å²) in [7, 11) is 1.62. The Morgan fingerprint density at radius 3 is 2.79 bits per heavy atom. The second-order valence-electron chi connectivity index (χ2n) is 7.81. The van der Waals surface area contributed by atoms with Crippen LogP contribution in [0.3, 0.4) is 0 Å². The molecule has 0 bridgehead atoms. The van der Waals surface area contributed by atoms with Crippen LogP contribution in [-0.2, 0) is 16.1 Å². The molecule has 1 aliphatic heterocycles. The van der Waals surface area contributed by atoms with Crippen LogP contribution in [0.5, 0.6) is 11.5 Å². The van der Waals surface area contributed by atoms with Gasteiger partial charge in [-0.2, -0.15) is 5.26 Å². The minimum Gasteiger partial charge on any atom is -0.493 e. The third-order valence-electron chi connectivity index (χ3n) is 5.66. The molecule has 170 valence electrons. The summed E-state index contributed by atoms with van der Waals surface area (Å²) < 4.78 is 18.9. The summed E-state index contributed by atoms with van der Waals surface area (Å²) in [5.74, 6) is 0.988. The highest BCUT2D eigenvalue weighted by Gasteiger charge is 2.18. The molecule has 4 rings (SSSR count). The van der Waals surface area contributed by atoms with Crippen molar-refractivity contribution in [3.63, 3.8) is 0 Å². The molecule has 7 heteroatoms. The van der Waals surface area contributed by atoms with E-state index >= 15 is 0 Å². The van der Waals surface area contributed by atoms with Gasteiger partial charge in [0.25, 0.3) is 5.91 Å². The Morgan fingerprint density at radius 1 is 1.24 bits per heavy atom. The number of rotatable bonds is 9. The second-order valence-corrected chi connectivity index (χ2v) is 7.81. The summed E-state index contributed by atoms with van der Waals surface area (Å²) >= 11 is 0. The number of carbonyl (C=O) groups is 1. The number of hydrogen-bond donors (Lipinski definition) is 1. The number of fused-ring (bicyclic) bond motifs is 1. The molecule has 0 spiro atoms. The lowest BCUT2D eigenvalue weighted by molar-refractivity contribution is -0.117. The molecule has 2 heterocycles. The zero-order valence-corrected chi connectivity index (χ0v) is 18.6. The summed E-state index contributed by atoms with van der Waals surface area (Å²) in [5, 5.41) is 13.4. The van der Waals surface area contributed by atoms with Crippen LogP contribution in [0.1, 0.15) is 18.4 Å². The minimum absolute atomic E-state index is 0.0269. The van der Waals surface area contributed by atoms with E-state index in [1.807, 2.05) is 60.8 Å². The molecule has 0 aliphatic carbocycles. The SMILES string of the molecule is COc1ccccc1OCCn1cc(/C=C(\C#N)C(=O)NC[C@@H]2CCCO2)c2ccccc21. The van der Waals surface area contributed by atoms with Gasteiger partial charge in [0.1, 0.15) is 18.2 Å². The molecule has 0 radical (unpaired) electrons. The Hall–Kier alpha value is -3.76. The average Bonchev–Trinajstić information content (AvgIpc) is 3.50. The van der Waals surface area contributed by atoms with Crippen molar-refractivity contribution in [1.82, 2.24) is 9.88 Å². The molecular formula is C26H27N3O4.